The number of benzene rings is 6. The quantitative estimate of drug-likeness (QED) is 0.0329. The molecule has 0 unspecified atom stereocenters. The van der Waals surface area contributed by atoms with Gasteiger partial charge >= 0.3 is 0 Å². The van der Waals surface area contributed by atoms with Gasteiger partial charge in [-0.15, -0.1) is 0 Å². The molecule has 0 fully saturated rings. The van der Waals surface area contributed by atoms with Crippen LogP contribution in [0.4, 0.5) is 0 Å². The third-order valence-electron chi connectivity index (χ3n) is 20.9. The van der Waals surface area contributed by atoms with Crippen LogP contribution in [-0.4, -0.2) is 88.4 Å². The number of aryl methyl sites for hydroxylation is 8. The Kier molecular flexibility index (Phi) is 32.6. The summed E-state index contributed by atoms with van der Waals surface area (Å²) >= 11 is 21.6. The first kappa shape index (κ1) is 96.3. The lowest BCUT2D eigenvalue weighted by Gasteiger charge is -2.11. The molecule has 6 aliphatic heterocycles. The molecule has 32 nitrogen and oxygen atoms in total. The van der Waals surface area contributed by atoms with E-state index < -0.39 is 0 Å². The van der Waals surface area contributed by atoms with Crippen molar-refractivity contribution in [3.8, 4) is 74.7 Å². The van der Waals surface area contributed by atoms with E-state index in [2.05, 4.69) is 61.7 Å². The Hall–Kier alpha value is -14.3. The molecule has 0 saturated carbocycles. The molecule has 12 aromatic rings. The van der Waals surface area contributed by atoms with Gasteiger partial charge in [0, 0.05) is 74.2 Å². The van der Waals surface area contributed by atoms with Crippen molar-refractivity contribution in [2.45, 2.75) is 79.5 Å². The maximum atomic E-state index is 12.6. The van der Waals surface area contributed by atoms with Gasteiger partial charge in [0.05, 0.1) is 57.1 Å². The van der Waals surface area contributed by atoms with E-state index in [1.807, 2.05) is 208 Å². The number of aliphatic hydroxyl groups is 1. The van der Waals surface area contributed by atoms with Crippen LogP contribution >= 0.6 is 50.7 Å². The number of nitrogens with zero attached hydrogens (tertiary/aromatic N) is 6. The number of rotatable bonds is 21. The fourth-order valence-electron chi connectivity index (χ4n) is 14.3. The number of methoxy groups -OCH3 is 1. The molecule has 36 heteroatoms. The zero-order chi connectivity index (χ0) is 94.5. The average Bonchev–Trinajstić information content (AvgIpc) is 1.40. The third kappa shape index (κ3) is 25.5. The summed E-state index contributed by atoms with van der Waals surface area (Å²) in [5, 5.41) is 27.9. The smallest absolute Gasteiger partial charge is 0.256 e. The average molecular weight is 1940 g/mol. The summed E-state index contributed by atoms with van der Waals surface area (Å²) in [7, 11) is 12.7. The van der Waals surface area contributed by atoms with E-state index in [1.54, 1.807) is 77.1 Å². The maximum absolute atomic E-state index is 12.6. The number of aliphatic hydroxyl groups excluding tert-OH is 1. The Morgan fingerprint density at radius 2 is 0.632 bits per heavy atom. The molecular formula is C97H100BrCl3N12O20+6. The second-order valence-electron chi connectivity index (χ2n) is 31.3. The fraction of sp³-hybridized carbons (Fsp3) is 0.258. The number of hydrogen-bond acceptors (Lipinski definition) is 20. The monoisotopic (exact) mass is 1940 g/mol. The van der Waals surface area contributed by atoms with Crippen molar-refractivity contribution in [3.63, 3.8) is 0 Å². The van der Waals surface area contributed by atoms with Crippen molar-refractivity contribution in [1.29, 1.82) is 0 Å². The molecule has 6 aromatic carbocycles. The minimum absolute atomic E-state index is 0.0618. The fourth-order valence-corrected chi connectivity index (χ4v) is 16.0. The van der Waals surface area contributed by atoms with Crippen molar-refractivity contribution >= 4 is 86.2 Å². The Balaban J connectivity index is 0.000000136. The van der Waals surface area contributed by atoms with Gasteiger partial charge in [0.1, 0.15) is 57.4 Å². The van der Waals surface area contributed by atoms with E-state index >= 15 is 0 Å². The minimum atomic E-state index is -0.326. The number of carbonyl (C=O) groups excluding carboxylic acids is 6. The van der Waals surface area contributed by atoms with Crippen LogP contribution in [0.2, 0.25) is 15.1 Å². The lowest BCUT2D eigenvalue weighted by atomic mass is 9.99. The molecule has 0 aliphatic carbocycles. The van der Waals surface area contributed by atoms with E-state index in [4.69, 9.17) is 96.4 Å². The van der Waals surface area contributed by atoms with Crippen LogP contribution in [0.3, 0.4) is 0 Å². The summed E-state index contributed by atoms with van der Waals surface area (Å²) in [6, 6.07) is 39.0. The van der Waals surface area contributed by atoms with E-state index in [0.717, 1.165) is 106 Å². The molecule has 0 radical (unpaired) electrons. The standard InChI is InChI=1S/C18H20N2O3.C17H18N2O5.C17H18N2O3.C15H13BrN2O3.C15H12Cl2N2O3.C15H13ClN2O3/c1-12(2)15-10-20(3)7-6-14(15)18(21)19-9-13-4-5-16-17(8-13)23-11-22-16;1-19-7-12(9-20)16(15(8-19)22-2)17(21)18-6-11-3-4-13-14(5-11)24-10-23-13;1-11-8-19(3)9-12(2)16(11)17(20)18-7-13-4-5-14-15(6-13)22-10-21-14;1-18-5-4-11(12(16)8-18)15(19)17-7-10-2-3-13-14(6-10)21-9-20-13;1-19-6-10(16)14(11(17)7-19)15(20)18-5-9-2-3-12-13(4-9)22-8-21-12;1-18-5-4-11(12(16)8-18)15(19)17-7-10-2-3-13-14(6-10)21-9-20-13/h4-8,10,12H,9,11H2,1-3H3;3-5,7-8,20H,6,9-10H2,1-2H3;4-6,8-9H,7,10H2,1-3H3;2-6,8H,7,9H2,1H3;2-4,6-7H,5,8H2,1H3;2-6,8H,7,9H2,1H3/p+6. The first-order valence-corrected chi connectivity index (χ1v) is 43.7. The van der Waals surface area contributed by atoms with Crippen LogP contribution in [0.15, 0.2) is 206 Å². The number of ether oxygens (including phenoxy) is 13. The molecule has 18 rings (SSSR count). The van der Waals surface area contributed by atoms with Gasteiger partial charge in [-0.05, 0) is 142 Å². The molecule has 690 valence electrons. The number of nitrogens with one attached hydrogen (secondary N) is 6. The summed E-state index contributed by atoms with van der Waals surface area (Å²) in [5.41, 5.74) is 12.2. The van der Waals surface area contributed by atoms with Gasteiger partial charge in [0.2, 0.25) is 47.0 Å². The van der Waals surface area contributed by atoms with Crippen LogP contribution in [0, 0.1) is 13.8 Å². The number of pyridine rings is 6. The summed E-state index contributed by atoms with van der Waals surface area (Å²) in [6.45, 7) is 11.6. The number of aromatic nitrogens is 6. The number of hydrogen-bond donors (Lipinski definition) is 7. The molecule has 0 bridgehead atoms. The van der Waals surface area contributed by atoms with Crippen LogP contribution < -0.4 is 121 Å². The third-order valence-corrected chi connectivity index (χ3v) is 22.4. The van der Waals surface area contributed by atoms with E-state index in [9.17, 15) is 33.9 Å². The van der Waals surface area contributed by atoms with Crippen molar-refractivity contribution in [3.05, 3.63) is 310 Å². The predicted molar refractivity (Wildman–Crippen MR) is 487 cm³/mol. The highest BCUT2D eigenvalue weighted by molar-refractivity contribution is 9.10. The van der Waals surface area contributed by atoms with Crippen molar-refractivity contribution < 1.29 is 123 Å². The largest absolute Gasteiger partial charge is 0.490 e. The molecule has 133 heavy (non-hydrogen) atoms. The van der Waals surface area contributed by atoms with Crippen molar-refractivity contribution in [2.24, 2.45) is 42.3 Å². The number of amides is 6. The van der Waals surface area contributed by atoms with E-state index in [-0.39, 0.29) is 94.3 Å². The predicted octanol–water partition coefficient (Wildman–Crippen LogP) is 11.0. The van der Waals surface area contributed by atoms with Gasteiger partial charge in [-0.2, -0.15) is 0 Å². The Morgan fingerprint density at radius 3 is 0.977 bits per heavy atom. The summed E-state index contributed by atoms with van der Waals surface area (Å²) in [4.78, 5) is 74.1. The normalized spacial score (nSPS) is 12.3. The highest BCUT2D eigenvalue weighted by atomic mass is 79.9. The van der Waals surface area contributed by atoms with Crippen LogP contribution in [0.25, 0.3) is 0 Å². The van der Waals surface area contributed by atoms with Gasteiger partial charge in [-0.1, -0.05) is 85.0 Å². The van der Waals surface area contributed by atoms with Crippen LogP contribution in [0.5, 0.6) is 74.7 Å². The van der Waals surface area contributed by atoms with E-state index in [0.29, 0.717) is 111 Å². The molecule has 12 heterocycles. The SMILES string of the molecule is CC(C)c1c[n+](C)ccc1C(=O)NCc1ccc2c(c1)OCO2.COc1c[n+](C)cc(CO)c1C(=O)NCc1ccc2c(c1)OCO2.C[n+]1cc(Cl)c(C(=O)NCc2ccc3c(c2)OCO3)c(Cl)c1.C[n+]1ccc(C(=O)NCc2ccc3c(c2)OCO3)c(Br)c1.C[n+]1ccc(C(=O)NCc2ccc3c(c2)OCO3)c(Cl)c1.Cc1c[n+](C)cc(C)c1C(=O)NCc1ccc2c(c1)OCO2. The van der Waals surface area contributed by atoms with Gasteiger partial charge in [0.15, 0.2) is 143 Å². The number of fused-ring (bicyclic) bond motifs is 6. The molecule has 0 atom stereocenters. The number of carbonyl (C=O) groups is 6. The highest BCUT2D eigenvalue weighted by Gasteiger charge is 2.28. The second kappa shape index (κ2) is 45.1. The Bertz CT molecular complexity index is 6050. The Labute approximate surface area is 790 Å². The van der Waals surface area contributed by atoms with Gasteiger partial charge in [0.25, 0.3) is 35.4 Å². The molecular weight excluding hydrogens is 1840 g/mol. The summed E-state index contributed by atoms with van der Waals surface area (Å²) in [5.74, 6) is 8.18. The minimum Gasteiger partial charge on any atom is -0.490 e. The number of halogens is 4. The summed E-state index contributed by atoms with van der Waals surface area (Å²) < 4.78 is 80.6. The first-order chi connectivity index (χ1) is 64.0. The van der Waals surface area contributed by atoms with Crippen LogP contribution in [-0.2, 0) is 88.2 Å². The lowest BCUT2D eigenvalue weighted by Crippen LogP contribution is -2.32. The Morgan fingerprint density at radius 1 is 0.346 bits per heavy atom. The first-order valence-electron chi connectivity index (χ1n) is 41.8. The van der Waals surface area contributed by atoms with Gasteiger partial charge in [-0.3, -0.25) is 28.8 Å². The zero-order valence-electron chi connectivity index (χ0n) is 74.7. The van der Waals surface area contributed by atoms with E-state index in [1.165, 1.54) is 7.11 Å². The van der Waals surface area contributed by atoms with Crippen molar-refractivity contribution in [2.75, 3.05) is 47.9 Å². The molecule has 6 aromatic heterocycles. The summed E-state index contributed by atoms with van der Waals surface area (Å²) in [6.07, 6.45) is 21.6. The second-order valence-corrected chi connectivity index (χ2v) is 33.4. The molecule has 6 aliphatic rings. The van der Waals surface area contributed by atoms with Crippen LogP contribution in [0.1, 0.15) is 138 Å². The highest BCUT2D eigenvalue weighted by Crippen LogP contribution is 2.39. The zero-order valence-corrected chi connectivity index (χ0v) is 78.6. The van der Waals surface area contributed by atoms with Gasteiger partial charge < -0.3 is 98.6 Å². The topological polar surface area (TPSA) is 338 Å². The molecule has 6 amide bonds. The molecule has 0 saturated heterocycles. The molecule has 7 N–H and O–H groups in total. The maximum Gasteiger partial charge on any atom is 0.256 e. The van der Waals surface area contributed by atoms with Gasteiger partial charge in [-0.25, -0.2) is 27.4 Å². The molecule has 0 spiro atoms. The lowest BCUT2D eigenvalue weighted by molar-refractivity contribution is -0.672. The van der Waals surface area contributed by atoms with Crippen molar-refractivity contribution in [1.82, 2.24) is 31.9 Å².